The lowest BCUT2D eigenvalue weighted by molar-refractivity contribution is 0.599. The highest BCUT2D eigenvalue weighted by Crippen LogP contribution is 2.39. The van der Waals surface area contributed by atoms with Gasteiger partial charge in [-0.1, -0.05) is 11.6 Å². The molecule has 0 spiro atoms. The van der Waals surface area contributed by atoms with E-state index in [-0.39, 0.29) is 10.0 Å². The summed E-state index contributed by atoms with van der Waals surface area (Å²) in [6.45, 7) is 1.52. The van der Waals surface area contributed by atoms with Crippen molar-refractivity contribution in [2.45, 2.75) is 11.1 Å². The predicted molar refractivity (Wildman–Crippen MR) is 56.3 cm³/mol. The summed E-state index contributed by atoms with van der Waals surface area (Å²) in [5.74, 6) is 5.84. The molecule has 14 heavy (non-hydrogen) atoms. The number of hydrogen-bond donors (Lipinski definition) is 1. The minimum Gasteiger partial charge on any atom is -0.263 e. The molecule has 8 heteroatoms. The van der Waals surface area contributed by atoms with Gasteiger partial charge in [-0.05, 0) is 13.0 Å². The maximum absolute atomic E-state index is 11.5. The SMILES string of the molecule is CC1=NS(=O)(=O)c2sc(Cl)cc2N1N. The second-order valence-corrected chi connectivity index (χ2v) is 6.19. The normalized spacial score (nSPS) is 19.1. The summed E-state index contributed by atoms with van der Waals surface area (Å²) < 4.78 is 27.0. The third-order valence-corrected chi connectivity index (χ3v) is 4.86. The molecule has 0 amide bonds. The summed E-state index contributed by atoms with van der Waals surface area (Å²) in [5.41, 5.74) is 0.382. The van der Waals surface area contributed by atoms with Crippen LogP contribution in [-0.2, 0) is 10.0 Å². The fourth-order valence-corrected chi connectivity index (χ4v) is 3.95. The Morgan fingerprint density at radius 2 is 2.29 bits per heavy atom. The van der Waals surface area contributed by atoms with Gasteiger partial charge in [0.1, 0.15) is 5.84 Å². The van der Waals surface area contributed by atoms with E-state index < -0.39 is 10.0 Å². The molecule has 0 aliphatic carbocycles. The molecule has 1 aliphatic rings. The molecule has 0 unspecified atom stereocenters. The molecule has 2 N–H and O–H groups in total. The predicted octanol–water partition coefficient (Wildman–Crippen LogP) is 1.20. The van der Waals surface area contributed by atoms with Gasteiger partial charge in [-0.25, -0.2) is 5.84 Å². The van der Waals surface area contributed by atoms with Gasteiger partial charge in [0.05, 0.1) is 10.0 Å². The molecule has 0 saturated carbocycles. The van der Waals surface area contributed by atoms with E-state index in [9.17, 15) is 8.42 Å². The van der Waals surface area contributed by atoms with Crippen LogP contribution in [0.1, 0.15) is 6.92 Å². The minimum absolute atomic E-state index is 0.0931. The smallest absolute Gasteiger partial charge is 0.263 e. The van der Waals surface area contributed by atoms with E-state index in [0.717, 1.165) is 11.3 Å². The van der Waals surface area contributed by atoms with Gasteiger partial charge in [0.15, 0.2) is 4.21 Å². The number of nitrogens with zero attached hydrogens (tertiary/aromatic N) is 2. The van der Waals surface area contributed by atoms with Crippen molar-refractivity contribution in [1.82, 2.24) is 0 Å². The minimum atomic E-state index is -3.60. The summed E-state index contributed by atoms with van der Waals surface area (Å²) in [7, 11) is -3.60. The van der Waals surface area contributed by atoms with Crippen molar-refractivity contribution in [1.29, 1.82) is 0 Å². The average molecular weight is 252 g/mol. The van der Waals surface area contributed by atoms with Gasteiger partial charge in [-0.3, -0.25) is 5.01 Å². The summed E-state index contributed by atoms with van der Waals surface area (Å²) >= 11 is 6.66. The largest absolute Gasteiger partial charge is 0.295 e. The maximum Gasteiger partial charge on any atom is 0.295 e. The molecule has 0 bridgehead atoms. The van der Waals surface area contributed by atoms with Gasteiger partial charge in [0.2, 0.25) is 0 Å². The molecule has 2 rings (SSSR count). The van der Waals surface area contributed by atoms with Crippen LogP contribution in [0, 0.1) is 0 Å². The van der Waals surface area contributed by atoms with Gasteiger partial charge in [-0.15, -0.1) is 15.7 Å². The van der Waals surface area contributed by atoms with Crippen molar-refractivity contribution in [2.75, 3.05) is 5.01 Å². The first-order valence-electron chi connectivity index (χ1n) is 3.57. The number of thiophene rings is 1. The number of halogens is 1. The summed E-state index contributed by atoms with van der Waals surface area (Å²) in [4.78, 5) is 0. The third-order valence-electron chi connectivity index (χ3n) is 1.74. The first kappa shape index (κ1) is 9.91. The number of hydrazine groups is 1. The van der Waals surface area contributed by atoms with E-state index in [1.807, 2.05) is 0 Å². The number of fused-ring (bicyclic) bond motifs is 1. The molecule has 1 aromatic rings. The van der Waals surface area contributed by atoms with Gasteiger partial charge < -0.3 is 0 Å². The van der Waals surface area contributed by atoms with Crippen molar-refractivity contribution in [2.24, 2.45) is 10.2 Å². The van der Waals surface area contributed by atoms with Gasteiger partial charge in [0, 0.05) is 0 Å². The Hall–Kier alpha value is -0.630. The second kappa shape index (κ2) is 2.93. The molecule has 5 nitrogen and oxygen atoms in total. The molecular weight excluding hydrogens is 246 g/mol. The van der Waals surface area contributed by atoms with Crippen LogP contribution in [0.3, 0.4) is 0 Å². The zero-order valence-corrected chi connectivity index (χ0v) is 9.45. The van der Waals surface area contributed by atoms with Gasteiger partial charge in [-0.2, -0.15) is 8.42 Å². The van der Waals surface area contributed by atoms with E-state index in [4.69, 9.17) is 17.4 Å². The molecule has 76 valence electrons. The monoisotopic (exact) mass is 251 g/mol. The fraction of sp³-hybridized carbons (Fsp3) is 0.167. The van der Waals surface area contributed by atoms with E-state index in [1.165, 1.54) is 18.0 Å². The quantitative estimate of drug-likeness (QED) is 0.703. The van der Waals surface area contributed by atoms with Gasteiger partial charge >= 0.3 is 0 Å². The topological polar surface area (TPSA) is 75.8 Å². The molecule has 0 radical (unpaired) electrons. The zero-order chi connectivity index (χ0) is 10.5. The summed E-state index contributed by atoms with van der Waals surface area (Å²) in [5, 5.41) is 1.21. The second-order valence-electron chi connectivity index (χ2n) is 2.71. The molecule has 2 heterocycles. The number of anilines is 1. The Kier molecular flexibility index (Phi) is 2.07. The van der Waals surface area contributed by atoms with Crippen molar-refractivity contribution >= 4 is 44.5 Å². The van der Waals surface area contributed by atoms with Crippen LogP contribution in [0.5, 0.6) is 0 Å². The van der Waals surface area contributed by atoms with E-state index in [1.54, 1.807) is 0 Å². The Morgan fingerprint density at radius 3 is 2.93 bits per heavy atom. The first-order valence-corrected chi connectivity index (χ1v) is 6.21. The van der Waals surface area contributed by atoms with Crippen molar-refractivity contribution in [3.63, 3.8) is 0 Å². The Labute approximate surface area is 89.8 Å². The van der Waals surface area contributed by atoms with Crippen LogP contribution < -0.4 is 10.9 Å². The molecule has 0 aromatic carbocycles. The number of nitrogens with two attached hydrogens (primary N) is 1. The summed E-state index contributed by atoms with van der Waals surface area (Å²) in [6.07, 6.45) is 0. The Morgan fingerprint density at radius 1 is 1.64 bits per heavy atom. The Balaban J connectivity index is 2.76. The van der Waals surface area contributed by atoms with E-state index in [2.05, 4.69) is 4.40 Å². The lowest BCUT2D eigenvalue weighted by Gasteiger charge is -2.21. The van der Waals surface area contributed by atoms with E-state index >= 15 is 0 Å². The fourth-order valence-electron chi connectivity index (χ4n) is 1.12. The maximum atomic E-state index is 11.5. The zero-order valence-electron chi connectivity index (χ0n) is 7.06. The van der Waals surface area contributed by atoms with E-state index in [0.29, 0.717) is 10.0 Å². The average Bonchev–Trinajstić information content (AvgIpc) is 2.44. The highest BCUT2D eigenvalue weighted by Gasteiger charge is 2.30. The number of amidine groups is 1. The third kappa shape index (κ3) is 1.33. The lowest BCUT2D eigenvalue weighted by Crippen LogP contribution is -2.38. The molecular formula is C6H6ClN3O2S2. The highest BCUT2D eigenvalue weighted by atomic mass is 35.5. The van der Waals surface area contributed by atoms with Crippen LogP contribution in [0.2, 0.25) is 4.34 Å². The van der Waals surface area contributed by atoms with Gasteiger partial charge in [0.25, 0.3) is 10.0 Å². The number of sulfonamides is 1. The molecule has 1 aromatic heterocycles. The van der Waals surface area contributed by atoms with Crippen LogP contribution in [0.15, 0.2) is 14.7 Å². The van der Waals surface area contributed by atoms with Crippen molar-refractivity contribution < 1.29 is 8.42 Å². The molecule has 0 fully saturated rings. The molecule has 1 aliphatic heterocycles. The number of rotatable bonds is 0. The Bertz CT molecular complexity index is 519. The molecule has 0 atom stereocenters. The van der Waals surface area contributed by atoms with Crippen molar-refractivity contribution in [3.8, 4) is 0 Å². The lowest BCUT2D eigenvalue weighted by atomic mass is 10.5. The summed E-state index contributed by atoms with van der Waals surface area (Å²) in [6, 6.07) is 1.51. The van der Waals surface area contributed by atoms with Crippen LogP contribution >= 0.6 is 22.9 Å². The van der Waals surface area contributed by atoms with Crippen LogP contribution in [0.25, 0.3) is 0 Å². The van der Waals surface area contributed by atoms with Crippen LogP contribution in [-0.4, -0.2) is 14.3 Å². The molecule has 0 saturated heterocycles. The first-order chi connectivity index (χ1) is 6.42. The standard InChI is InChI=1S/C6H6ClN3O2S2/c1-3-9-14(11,12)6-4(10(3)8)2-5(7)13-6/h2H,8H2,1H3. The number of hydrogen-bond acceptors (Lipinski definition) is 5. The highest BCUT2D eigenvalue weighted by molar-refractivity contribution is 7.92. The van der Waals surface area contributed by atoms with Crippen molar-refractivity contribution in [3.05, 3.63) is 10.4 Å². The van der Waals surface area contributed by atoms with Crippen LogP contribution in [0.4, 0.5) is 5.69 Å².